The standard InChI is InChI=1S/C12H22O3/c1-9(2)11(13)10-3-5-12(6-4-10)14-7-8-15-12/h9-11,13H,3-8H2,1-2H3. The van der Waals surface area contributed by atoms with Gasteiger partial charge in [0.2, 0.25) is 0 Å². The van der Waals surface area contributed by atoms with Crippen LogP contribution in [-0.4, -0.2) is 30.2 Å². The van der Waals surface area contributed by atoms with Crippen molar-refractivity contribution in [2.24, 2.45) is 11.8 Å². The molecule has 15 heavy (non-hydrogen) atoms. The first-order valence-electron chi connectivity index (χ1n) is 6.09. The Morgan fingerprint density at radius 1 is 1.13 bits per heavy atom. The fraction of sp³-hybridized carbons (Fsp3) is 1.00. The van der Waals surface area contributed by atoms with E-state index in [2.05, 4.69) is 13.8 Å². The van der Waals surface area contributed by atoms with Crippen LogP contribution >= 0.6 is 0 Å². The third-order valence-corrected chi connectivity index (χ3v) is 3.77. The minimum atomic E-state index is -0.285. The van der Waals surface area contributed by atoms with Crippen LogP contribution in [-0.2, 0) is 9.47 Å². The lowest BCUT2D eigenvalue weighted by Crippen LogP contribution is -2.39. The number of ether oxygens (including phenoxy) is 2. The normalized spacial score (nSPS) is 28.8. The molecule has 0 aromatic rings. The topological polar surface area (TPSA) is 38.7 Å². The van der Waals surface area contributed by atoms with Gasteiger partial charge in [0.05, 0.1) is 19.3 Å². The first-order valence-corrected chi connectivity index (χ1v) is 6.09. The minimum Gasteiger partial charge on any atom is -0.393 e. The lowest BCUT2D eigenvalue weighted by Gasteiger charge is -2.38. The summed E-state index contributed by atoms with van der Waals surface area (Å²) in [4.78, 5) is 0. The van der Waals surface area contributed by atoms with Crippen LogP contribution in [0, 0.1) is 11.8 Å². The molecule has 0 aromatic carbocycles. The molecule has 1 spiro atoms. The molecule has 88 valence electrons. The lowest BCUT2D eigenvalue weighted by molar-refractivity contribution is -0.188. The summed E-state index contributed by atoms with van der Waals surface area (Å²) in [6.07, 6.45) is 3.78. The fourth-order valence-corrected chi connectivity index (χ4v) is 2.75. The van der Waals surface area contributed by atoms with Crippen molar-refractivity contribution in [2.75, 3.05) is 13.2 Å². The average molecular weight is 214 g/mol. The van der Waals surface area contributed by atoms with E-state index in [1.54, 1.807) is 0 Å². The smallest absolute Gasteiger partial charge is 0.168 e. The number of aliphatic hydroxyl groups is 1. The summed E-state index contributed by atoms with van der Waals surface area (Å²) < 4.78 is 11.3. The Bertz CT molecular complexity index is 199. The molecule has 1 saturated carbocycles. The van der Waals surface area contributed by atoms with Crippen LogP contribution in [0.5, 0.6) is 0 Å². The van der Waals surface area contributed by atoms with Crippen LogP contribution in [0.3, 0.4) is 0 Å². The summed E-state index contributed by atoms with van der Waals surface area (Å²) in [5.41, 5.74) is 0. The highest BCUT2D eigenvalue weighted by Gasteiger charge is 2.41. The highest BCUT2D eigenvalue weighted by Crippen LogP contribution is 2.40. The third-order valence-electron chi connectivity index (χ3n) is 3.77. The van der Waals surface area contributed by atoms with Gasteiger partial charge >= 0.3 is 0 Å². The molecular formula is C12H22O3. The lowest BCUT2D eigenvalue weighted by atomic mass is 9.79. The van der Waals surface area contributed by atoms with E-state index in [1.807, 2.05) is 0 Å². The van der Waals surface area contributed by atoms with Gasteiger partial charge in [0, 0.05) is 12.8 Å². The number of aliphatic hydroxyl groups excluding tert-OH is 1. The van der Waals surface area contributed by atoms with Gasteiger partial charge in [-0.05, 0) is 24.7 Å². The quantitative estimate of drug-likeness (QED) is 0.763. The van der Waals surface area contributed by atoms with E-state index in [1.165, 1.54) is 0 Å². The van der Waals surface area contributed by atoms with Gasteiger partial charge < -0.3 is 14.6 Å². The van der Waals surface area contributed by atoms with E-state index in [0.29, 0.717) is 11.8 Å². The Morgan fingerprint density at radius 2 is 1.67 bits per heavy atom. The SMILES string of the molecule is CC(C)C(O)C1CCC2(CC1)OCCO2. The molecule has 0 bridgehead atoms. The first-order chi connectivity index (χ1) is 7.13. The van der Waals surface area contributed by atoms with Crippen molar-refractivity contribution in [3.05, 3.63) is 0 Å². The molecule has 0 aromatic heterocycles. The maximum Gasteiger partial charge on any atom is 0.168 e. The van der Waals surface area contributed by atoms with Gasteiger partial charge in [0.15, 0.2) is 5.79 Å². The van der Waals surface area contributed by atoms with Gasteiger partial charge in [-0.1, -0.05) is 13.8 Å². The summed E-state index contributed by atoms with van der Waals surface area (Å²) in [6, 6.07) is 0. The van der Waals surface area contributed by atoms with Gasteiger partial charge in [0.1, 0.15) is 0 Å². The van der Waals surface area contributed by atoms with Gasteiger partial charge in [-0.15, -0.1) is 0 Å². The average Bonchev–Trinajstić information content (AvgIpc) is 2.67. The summed E-state index contributed by atoms with van der Waals surface area (Å²) in [5, 5.41) is 10.0. The predicted octanol–water partition coefficient (Wildman–Crippen LogP) is 1.94. The maximum atomic E-state index is 10.0. The van der Waals surface area contributed by atoms with Crippen molar-refractivity contribution in [1.82, 2.24) is 0 Å². The summed E-state index contributed by atoms with van der Waals surface area (Å²) in [7, 11) is 0. The Balaban J connectivity index is 1.86. The van der Waals surface area contributed by atoms with E-state index < -0.39 is 0 Å². The number of rotatable bonds is 2. The molecule has 2 fully saturated rings. The molecule has 3 heteroatoms. The molecule has 1 aliphatic carbocycles. The van der Waals surface area contributed by atoms with Gasteiger partial charge in [-0.25, -0.2) is 0 Å². The van der Waals surface area contributed by atoms with E-state index in [0.717, 1.165) is 38.9 Å². The molecule has 1 heterocycles. The largest absolute Gasteiger partial charge is 0.393 e. The molecule has 1 N–H and O–H groups in total. The van der Waals surface area contributed by atoms with E-state index in [9.17, 15) is 5.11 Å². The second-order valence-corrected chi connectivity index (χ2v) is 5.18. The molecule has 2 aliphatic rings. The number of hydrogen-bond acceptors (Lipinski definition) is 3. The second-order valence-electron chi connectivity index (χ2n) is 5.18. The summed E-state index contributed by atoms with van der Waals surface area (Å²) in [6.45, 7) is 5.63. The van der Waals surface area contributed by atoms with Gasteiger partial charge in [-0.2, -0.15) is 0 Å². The van der Waals surface area contributed by atoms with Crippen LogP contribution in [0.25, 0.3) is 0 Å². The van der Waals surface area contributed by atoms with E-state index >= 15 is 0 Å². The molecule has 1 saturated heterocycles. The Kier molecular flexibility index (Phi) is 3.33. The third kappa shape index (κ3) is 2.35. The van der Waals surface area contributed by atoms with Crippen molar-refractivity contribution >= 4 is 0 Å². The zero-order valence-corrected chi connectivity index (χ0v) is 9.74. The highest BCUT2D eigenvalue weighted by molar-refractivity contribution is 4.85. The van der Waals surface area contributed by atoms with E-state index in [4.69, 9.17) is 9.47 Å². The molecule has 1 atom stereocenters. The Morgan fingerprint density at radius 3 is 2.13 bits per heavy atom. The molecule has 0 radical (unpaired) electrons. The Hall–Kier alpha value is -0.120. The first kappa shape index (κ1) is 11.4. The fourth-order valence-electron chi connectivity index (χ4n) is 2.75. The van der Waals surface area contributed by atoms with Crippen LogP contribution in [0.1, 0.15) is 39.5 Å². The van der Waals surface area contributed by atoms with Crippen LogP contribution < -0.4 is 0 Å². The zero-order valence-electron chi connectivity index (χ0n) is 9.74. The van der Waals surface area contributed by atoms with Crippen LogP contribution in [0.15, 0.2) is 0 Å². The molecule has 1 unspecified atom stereocenters. The molecule has 2 rings (SSSR count). The summed E-state index contributed by atoms with van der Waals surface area (Å²) in [5.74, 6) is 0.505. The zero-order chi connectivity index (χ0) is 10.9. The van der Waals surface area contributed by atoms with Gasteiger partial charge in [-0.3, -0.25) is 0 Å². The maximum absolute atomic E-state index is 10.0. The van der Waals surface area contributed by atoms with E-state index in [-0.39, 0.29) is 11.9 Å². The molecule has 0 amide bonds. The van der Waals surface area contributed by atoms with Crippen molar-refractivity contribution < 1.29 is 14.6 Å². The summed E-state index contributed by atoms with van der Waals surface area (Å²) >= 11 is 0. The van der Waals surface area contributed by atoms with Crippen molar-refractivity contribution in [3.8, 4) is 0 Å². The van der Waals surface area contributed by atoms with Crippen LogP contribution in [0.4, 0.5) is 0 Å². The van der Waals surface area contributed by atoms with Crippen LogP contribution in [0.2, 0.25) is 0 Å². The van der Waals surface area contributed by atoms with Crippen molar-refractivity contribution in [1.29, 1.82) is 0 Å². The number of hydrogen-bond donors (Lipinski definition) is 1. The molecule has 3 nitrogen and oxygen atoms in total. The molecule has 1 aliphatic heterocycles. The van der Waals surface area contributed by atoms with Crippen molar-refractivity contribution in [2.45, 2.75) is 51.4 Å². The molecular weight excluding hydrogens is 192 g/mol. The minimum absolute atomic E-state index is 0.163. The predicted molar refractivity (Wildman–Crippen MR) is 57.4 cm³/mol. The Labute approximate surface area is 91.8 Å². The van der Waals surface area contributed by atoms with Crippen molar-refractivity contribution in [3.63, 3.8) is 0 Å². The highest BCUT2D eigenvalue weighted by atomic mass is 16.7. The van der Waals surface area contributed by atoms with Gasteiger partial charge in [0.25, 0.3) is 0 Å². The second kappa shape index (κ2) is 4.40. The monoisotopic (exact) mass is 214 g/mol.